The third-order valence-corrected chi connectivity index (χ3v) is 7.86. The molecule has 36 heavy (non-hydrogen) atoms. The Labute approximate surface area is 210 Å². The monoisotopic (exact) mass is 499 g/mol. The van der Waals surface area contributed by atoms with E-state index in [1.165, 1.54) is 28.6 Å². The highest BCUT2D eigenvalue weighted by atomic mass is 32.2. The summed E-state index contributed by atoms with van der Waals surface area (Å²) in [6, 6.07) is 30.0. The van der Waals surface area contributed by atoms with Crippen molar-refractivity contribution in [3.63, 3.8) is 0 Å². The molecule has 0 aromatic heterocycles. The van der Waals surface area contributed by atoms with Crippen molar-refractivity contribution in [3.8, 4) is 11.5 Å². The molecule has 0 spiro atoms. The van der Waals surface area contributed by atoms with Gasteiger partial charge in [0.25, 0.3) is 10.0 Å². The van der Waals surface area contributed by atoms with E-state index >= 15 is 0 Å². The second-order valence-corrected chi connectivity index (χ2v) is 10.3. The summed E-state index contributed by atoms with van der Waals surface area (Å²) in [6.07, 6.45) is 1.61. The molecule has 0 radical (unpaired) electrons. The molecule has 4 aromatic rings. The molecule has 1 aliphatic heterocycles. The summed E-state index contributed by atoms with van der Waals surface area (Å²) >= 11 is 0. The van der Waals surface area contributed by atoms with E-state index in [0.717, 1.165) is 24.0 Å². The molecular formula is C29H25NO5S. The largest absolute Gasteiger partial charge is 0.489 e. The minimum absolute atomic E-state index is 0.135. The Hall–Kier alpha value is -4.10. The number of para-hydroxylation sites is 1. The number of nitrogens with zero attached hydrogens (tertiary/aromatic N) is 1. The Kier molecular flexibility index (Phi) is 6.73. The topological polar surface area (TPSA) is 72.9 Å². The van der Waals surface area contributed by atoms with E-state index in [1.807, 2.05) is 54.6 Å². The van der Waals surface area contributed by atoms with Gasteiger partial charge in [0.1, 0.15) is 18.1 Å². The van der Waals surface area contributed by atoms with Gasteiger partial charge < -0.3 is 9.47 Å². The Balaban J connectivity index is 1.23. The van der Waals surface area contributed by atoms with Crippen LogP contribution in [0.25, 0.3) is 0 Å². The highest BCUT2D eigenvalue weighted by Crippen LogP contribution is 2.32. The van der Waals surface area contributed by atoms with Crippen LogP contribution in [0.1, 0.15) is 27.9 Å². The highest BCUT2D eigenvalue weighted by molar-refractivity contribution is 7.92. The molecule has 1 aliphatic rings. The van der Waals surface area contributed by atoms with E-state index in [1.54, 1.807) is 24.3 Å². The van der Waals surface area contributed by atoms with E-state index in [9.17, 15) is 13.2 Å². The number of anilines is 1. The van der Waals surface area contributed by atoms with Crippen LogP contribution in [0.15, 0.2) is 108 Å². The normalized spacial score (nSPS) is 13.1. The average molecular weight is 500 g/mol. The molecule has 0 aliphatic carbocycles. The smallest absolute Gasteiger partial charge is 0.343 e. The van der Waals surface area contributed by atoms with Gasteiger partial charge in [0, 0.05) is 6.54 Å². The van der Waals surface area contributed by atoms with Gasteiger partial charge in [0.05, 0.1) is 16.1 Å². The number of hydrogen-bond acceptors (Lipinski definition) is 5. The molecule has 1 heterocycles. The number of carbonyl (C=O) groups is 1. The Morgan fingerprint density at radius 3 is 2.19 bits per heavy atom. The van der Waals surface area contributed by atoms with E-state index in [4.69, 9.17) is 9.47 Å². The second kappa shape index (κ2) is 10.3. The van der Waals surface area contributed by atoms with Gasteiger partial charge in [-0.3, -0.25) is 4.31 Å². The first-order valence-corrected chi connectivity index (χ1v) is 13.1. The highest BCUT2D eigenvalue weighted by Gasteiger charge is 2.29. The fraction of sp³-hybridized carbons (Fsp3) is 0.138. The van der Waals surface area contributed by atoms with Gasteiger partial charge in [-0.15, -0.1) is 0 Å². The SMILES string of the molecule is O=C(Oc1ccc(OCc2ccccc2)cc1)c1ccc(S(=O)(=O)N2CCCc3ccccc32)cc1. The minimum Gasteiger partial charge on any atom is -0.489 e. The van der Waals surface area contributed by atoms with Crippen LogP contribution >= 0.6 is 0 Å². The third kappa shape index (κ3) is 5.11. The Bertz CT molecular complexity index is 1450. The first-order valence-electron chi connectivity index (χ1n) is 11.7. The lowest BCUT2D eigenvalue weighted by Crippen LogP contribution is -2.35. The van der Waals surface area contributed by atoms with Gasteiger partial charge in [-0.2, -0.15) is 0 Å². The predicted octanol–water partition coefficient (Wildman–Crippen LogP) is 5.63. The molecule has 5 rings (SSSR count). The number of sulfonamides is 1. The minimum atomic E-state index is -3.74. The first-order chi connectivity index (χ1) is 17.5. The van der Waals surface area contributed by atoms with Crippen LogP contribution in [-0.2, 0) is 23.1 Å². The Morgan fingerprint density at radius 1 is 0.778 bits per heavy atom. The molecule has 0 saturated heterocycles. The summed E-state index contributed by atoms with van der Waals surface area (Å²) in [5.41, 5.74) is 3.05. The summed E-state index contributed by atoms with van der Waals surface area (Å²) in [4.78, 5) is 12.8. The number of fused-ring (bicyclic) bond motifs is 1. The van der Waals surface area contributed by atoms with Gasteiger partial charge in [0.2, 0.25) is 0 Å². The summed E-state index contributed by atoms with van der Waals surface area (Å²) < 4.78 is 39.2. The Morgan fingerprint density at radius 2 is 1.44 bits per heavy atom. The van der Waals surface area contributed by atoms with Crippen molar-refractivity contribution in [2.45, 2.75) is 24.3 Å². The molecule has 0 bridgehead atoms. The summed E-state index contributed by atoms with van der Waals surface area (Å²) in [7, 11) is -3.74. The van der Waals surface area contributed by atoms with E-state index in [0.29, 0.717) is 30.3 Å². The summed E-state index contributed by atoms with van der Waals surface area (Å²) in [5.74, 6) is 0.460. The fourth-order valence-electron chi connectivity index (χ4n) is 4.15. The standard InChI is InChI=1S/C29H25NO5S/c31-29(35-26-16-14-25(15-17-26)34-21-22-7-2-1-3-8-22)24-12-18-27(19-13-24)36(32,33)30-20-6-10-23-9-4-5-11-28(23)30/h1-5,7-9,11-19H,6,10,20-21H2. The van der Waals surface area contributed by atoms with Gasteiger partial charge >= 0.3 is 5.97 Å². The van der Waals surface area contributed by atoms with E-state index in [-0.39, 0.29) is 10.5 Å². The average Bonchev–Trinajstić information content (AvgIpc) is 2.93. The lowest BCUT2D eigenvalue weighted by atomic mass is 10.0. The van der Waals surface area contributed by atoms with Gasteiger partial charge in [-0.1, -0.05) is 48.5 Å². The molecular weight excluding hydrogens is 474 g/mol. The number of aryl methyl sites for hydroxylation is 1. The van der Waals surface area contributed by atoms with Crippen molar-refractivity contribution in [3.05, 3.63) is 120 Å². The first kappa shape index (κ1) is 23.6. The van der Waals surface area contributed by atoms with Crippen LogP contribution in [0.2, 0.25) is 0 Å². The number of esters is 1. The van der Waals surface area contributed by atoms with Gasteiger partial charge in [-0.25, -0.2) is 13.2 Å². The maximum Gasteiger partial charge on any atom is 0.343 e. The van der Waals surface area contributed by atoms with Crippen LogP contribution < -0.4 is 13.8 Å². The number of carbonyl (C=O) groups excluding carboxylic acids is 1. The predicted molar refractivity (Wildman–Crippen MR) is 138 cm³/mol. The number of ether oxygens (including phenoxy) is 2. The maximum absolute atomic E-state index is 13.3. The molecule has 182 valence electrons. The lowest BCUT2D eigenvalue weighted by Gasteiger charge is -2.30. The number of hydrogen-bond donors (Lipinski definition) is 0. The molecule has 0 fully saturated rings. The van der Waals surface area contributed by atoms with Gasteiger partial charge in [0.15, 0.2) is 0 Å². The van der Waals surface area contributed by atoms with Crippen molar-refractivity contribution in [2.75, 3.05) is 10.8 Å². The van der Waals surface area contributed by atoms with Crippen LogP contribution in [-0.4, -0.2) is 20.9 Å². The van der Waals surface area contributed by atoms with Crippen LogP contribution in [0.3, 0.4) is 0 Å². The molecule has 0 amide bonds. The molecule has 7 heteroatoms. The second-order valence-electron chi connectivity index (χ2n) is 8.47. The van der Waals surface area contributed by atoms with E-state index in [2.05, 4.69) is 0 Å². The number of rotatable bonds is 7. The van der Waals surface area contributed by atoms with Crippen molar-refractivity contribution >= 4 is 21.7 Å². The van der Waals surface area contributed by atoms with E-state index < -0.39 is 16.0 Å². The third-order valence-electron chi connectivity index (χ3n) is 6.03. The summed E-state index contributed by atoms with van der Waals surface area (Å²) in [5, 5.41) is 0. The molecule has 0 unspecified atom stereocenters. The van der Waals surface area contributed by atoms with Crippen molar-refractivity contribution in [2.24, 2.45) is 0 Å². The molecule has 0 N–H and O–H groups in total. The van der Waals surface area contributed by atoms with Crippen LogP contribution in [0.4, 0.5) is 5.69 Å². The molecule has 0 saturated carbocycles. The summed E-state index contributed by atoms with van der Waals surface area (Å²) in [6.45, 7) is 0.868. The van der Waals surface area contributed by atoms with Crippen LogP contribution in [0.5, 0.6) is 11.5 Å². The van der Waals surface area contributed by atoms with Crippen molar-refractivity contribution < 1.29 is 22.7 Å². The zero-order chi connectivity index (χ0) is 25.0. The fourth-order valence-corrected chi connectivity index (χ4v) is 5.69. The quantitative estimate of drug-likeness (QED) is 0.244. The zero-order valence-corrected chi connectivity index (χ0v) is 20.4. The lowest BCUT2D eigenvalue weighted by molar-refractivity contribution is 0.0734. The van der Waals surface area contributed by atoms with Crippen molar-refractivity contribution in [1.82, 2.24) is 0 Å². The molecule has 4 aromatic carbocycles. The molecule has 0 atom stereocenters. The zero-order valence-electron chi connectivity index (χ0n) is 19.5. The number of benzene rings is 4. The maximum atomic E-state index is 13.3. The molecule has 6 nitrogen and oxygen atoms in total. The van der Waals surface area contributed by atoms with Crippen LogP contribution in [0, 0.1) is 0 Å². The van der Waals surface area contributed by atoms with Crippen molar-refractivity contribution in [1.29, 1.82) is 0 Å². The van der Waals surface area contributed by atoms with Gasteiger partial charge in [-0.05, 0) is 78.6 Å².